The van der Waals surface area contributed by atoms with Crippen molar-refractivity contribution in [1.29, 1.82) is 0 Å². The first-order valence-corrected chi connectivity index (χ1v) is 12.0. The highest BCUT2D eigenvalue weighted by Crippen LogP contribution is 2.25. The van der Waals surface area contributed by atoms with Crippen molar-refractivity contribution >= 4 is 38.7 Å². The Hall–Kier alpha value is -2.60. The highest BCUT2D eigenvalue weighted by Gasteiger charge is 2.31. The zero-order valence-electron chi connectivity index (χ0n) is 16.7. The average molecular weight is 463 g/mol. The first kappa shape index (κ1) is 21.6. The van der Waals surface area contributed by atoms with E-state index in [0.29, 0.717) is 37.3 Å². The predicted octanol–water partition coefficient (Wildman–Crippen LogP) is 1.62. The van der Waals surface area contributed by atoms with E-state index >= 15 is 0 Å². The van der Waals surface area contributed by atoms with E-state index in [1.165, 1.54) is 4.31 Å². The summed E-state index contributed by atoms with van der Waals surface area (Å²) in [5.41, 5.74) is 0.949. The summed E-state index contributed by atoms with van der Waals surface area (Å²) in [6.07, 6.45) is 0. The van der Waals surface area contributed by atoms with Crippen LogP contribution in [0.25, 0.3) is 11.0 Å². The van der Waals surface area contributed by atoms with E-state index in [-0.39, 0.29) is 30.5 Å². The van der Waals surface area contributed by atoms with Crippen molar-refractivity contribution in [3.05, 3.63) is 48.5 Å². The zero-order chi connectivity index (χ0) is 21.7. The molecule has 0 atom stereocenters. The van der Waals surface area contributed by atoms with Gasteiger partial charge in [0.05, 0.1) is 18.3 Å². The SMILES string of the molecule is O=C(COCCOc1ccccc1)N1CCN(S(=O)(=O)c2cccc3nsnc23)CC1. The summed E-state index contributed by atoms with van der Waals surface area (Å²) in [5.74, 6) is 0.585. The molecule has 0 spiro atoms. The number of para-hydroxylation sites is 1. The number of nitrogens with zero attached hydrogens (tertiary/aromatic N) is 4. The molecule has 9 nitrogen and oxygen atoms in total. The lowest BCUT2D eigenvalue weighted by molar-refractivity contribution is -0.137. The molecule has 0 radical (unpaired) electrons. The van der Waals surface area contributed by atoms with E-state index < -0.39 is 10.0 Å². The molecule has 2 heterocycles. The summed E-state index contributed by atoms with van der Waals surface area (Å²) in [6.45, 7) is 1.65. The van der Waals surface area contributed by atoms with Crippen molar-refractivity contribution in [1.82, 2.24) is 18.0 Å². The molecule has 4 rings (SSSR count). The summed E-state index contributed by atoms with van der Waals surface area (Å²) in [5, 5.41) is 0. The van der Waals surface area contributed by atoms with Crippen LogP contribution in [0.15, 0.2) is 53.4 Å². The second kappa shape index (κ2) is 9.69. The minimum atomic E-state index is -3.71. The van der Waals surface area contributed by atoms with Gasteiger partial charge in [0.15, 0.2) is 0 Å². The Morgan fingerprint density at radius 1 is 0.968 bits per heavy atom. The van der Waals surface area contributed by atoms with E-state index in [4.69, 9.17) is 9.47 Å². The van der Waals surface area contributed by atoms with Crippen LogP contribution >= 0.6 is 11.7 Å². The van der Waals surface area contributed by atoms with Crippen LogP contribution in [0.2, 0.25) is 0 Å². The smallest absolute Gasteiger partial charge is 0.248 e. The van der Waals surface area contributed by atoms with Crippen molar-refractivity contribution in [3.8, 4) is 5.75 Å². The van der Waals surface area contributed by atoms with Gasteiger partial charge in [0, 0.05) is 26.2 Å². The molecule has 0 N–H and O–H groups in total. The first-order valence-electron chi connectivity index (χ1n) is 9.80. The Bertz CT molecular complexity index is 1130. The molecule has 1 aromatic heterocycles. The number of amides is 1. The van der Waals surface area contributed by atoms with Gasteiger partial charge < -0.3 is 14.4 Å². The first-order chi connectivity index (χ1) is 15.1. The number of fused-ring (bicyclic) bond motifs is 1. The number of piperazine rings is 1. The number of hydrogen-bond acceptors (Lipinski definition) is 8. The van der Waals surface area contributed by atoms with Gasteiger partial charge in [-0.15, -0.1) is 0 Å². The molecule has 31 heavy (non-hydrogen) atoms. The lowest BCUT2D eigenvalue weighted by Crippen LogP contribution is -2.51. The molecule has 2 aromatic carbocycles. The summed E-state index contributed by atoms with van der Waals surface area (Å²) < 4.78 is 46.7. The second-order valence-corrected chi connectivity index (χ2v) is 9.32. The molecule has 0 unspecified atom stereocenters. The number of ether oxygens (including phenoxy) is 2. The number of rotatable bonds is 8. The minimum absolute atomic E-state index is 0.0608. The van der Waals surface area contributed by atoms with E-state index in [9.17, 15) is 13.2 Å². The van der Waals surface area contributed by atoms with Crippen LogP contribution in [0.4, 0.5) is 0 Å². The molecule has 0 saturated carbocycles. The molecule has 0 bridgehead atoms. The van der Waals surface area contributed by atoms with Gasteiger partial charge >= 0.3 is 0 Å². The van der Waals surface area contributed by atoms with Crippen molar-refractivity contribution in [2.24, 2.45) is 0 Å². The summed E-state index contributed by atoms with van der Waals surface area (Å²) in [6, 6.07) is 14.3. The fourth-order valence-electron chi connectivity index (χ4n) is 3.29. The molecule has 0 aliphatic carbocycles. The summed E-state index contributed by atoms with van der Waals surface area (Å²) >= 11 is 0.985. The molecule has 3 aromatic rings. The monoisotopic (exact) mass is 462 g/mol. The van der Waals surface area contributed by atoms with Gasteiger partial charge in [0.1, 0.15) is 34.9 Å². The van der Waals surface area contributed by atoms with Gasteiger partial charge in [-0.1, -0.05) is 24.3 Å². The predicted molar refractivity (Wildman–Crippen MR) is 116 cm³/mol. The van der Waals surface area contributed by atoms with Crippen LogP contribution in [0.1, 0.15) is 0 Å². The van der Waals surface area contributed by atoms with Crippen molar-refractivity contribution < 1.29 is 22.7 Å². The van der Waals surface area contributed by atoms with E-state index in [2.05, 4.69) is 8.75 Å². The van der Waals surface area contributed by atoms with E-state index in [1.807, 2.05) is 30.3 Å². The Morgan fingerprint density at radius 2 is 1.74 bits per heavy atom. The standard InChI is InChI=1S/C20H22N4O5S2/c25-19(15-28-13-14-29-16-5-2-1-3-6-16)23-9-11-24(12-10-23)31(26,27)18-8-4-7-17-20(18)22-30-21-17/h1-8H,9-15H2. The topological polar surface area (TPSA) is 102 Å². The van der Waals surface area contributed by atoms with Crippen LogP contribution in [0.3, 0.4) is 0 Å². The largest absolute Gasteiger partial charge is 0.491 e. The van der Waals surface area contributed by atoms with Crippen LogP contribution in [0, 0.1) is 0 Å². The molecule has 164 valence electrons. The van der Waals surface area contributed by atoms with Crippen LogP contribution in [0.5, 0.6) is 5.75 Å². The maximum absolute atomic E-state index is 13.1. The summed E-state index contributed by atoms with van der Waals surface area (Å²) in [7, 11) is -3.71. The van der Waals surface area contributed by atoms with Crippen molar-refractivity contribution in [2.45, 2.75) is 4.90 Å². The third-order valence-electron chi connectivity index (χ3n) is 4.92. The summed E-state index contributed by atoms with van der Waals surface area (Å²) in [4.78, 5) is 14.1. The molecular weight excluding hydrogens is 440 g/mol. The van der Waals surface area contributed by atoms with Crippen molar-refractivity contribution in [3.63, 3.8) is 0 Å². The number of carbonyl (C=O) groups is 1. The molecule has 1 aliphatic heterocycles. The molecule has 1 fully saturated rings. The van der Waals surface area contributed by atoms with Gasteiger partial charge in [-0.2, -0.15) is 13.1 Å². The van der Waals surface area contributed by atoms with Gasteiger partial charge in [-0.3, -0.25) is 4.79 Å². The number of benzene rings is 2. The Kier molecular flexibility index (Phi) is 6.76. The lowest BCUT2D eigenvalue weighted by atomic mass is 10.3. The molecule has 1 saturated heterocycles. The number of carbonyl (C=O) groups excluding carboxylic acids is 1. The maximum atomic E-state index is 13.1. The van der Waals surface area contributed by atoms with E-state index in [0.717, 1.165) is 17.5 Å². The second-order valence-electron chi connectivity index (χ2n) is 6.89. The Morgan fingerprint density at radius 3 is 2.52 bits per heavy atom. The zero-order valence-corrected chi connectivity index (χ0v) is 18.3. The fourth-order valence-corrected chi connectivity index (χ4v) is 5.47. The molecule has 1 aliphatic rings. The number of sulfonamides is 1. The highest BCUT2D eigenvalue weighted by molar-refractivity contribution is 7.89. The van der Waals surface area contributed by atoms with Crippen molar-refractivity contribution in [2.75, 3.05) is 46.0 Å². The molecular formula is C20H22N4O5S2. The van der Waals surface area contributed by atoms with Crippen LogP contribution in [-0.4, -0.2) is 78.3 Å². The normalized spacial score (nSPS) is 15.3. The molecule has 1 amide bonds. The highest BCUT2D eigenvalue weighted by atomic mass is 32.2. The van der Waals surface area contributed by atoms with Gasteiger partial charge in [-0.05, 0) is 24.3 Å². The fraction of sp³-hybridized carbons (Fsp3) is 0.350. The molecule has 11 heteroatoms. The quantitative estimate of drug-likeness (QED) is 0.469. The Labute approximate surface area is 184 Å². The van der Waals surface area contributed by atoms with Crippen LogP contribution < -0.4 is 4.74 Å². The van der Waals surface area contributed by atoms with E-state index in [1.54, 1.807) is 23.1 Å². The Balaban J connectivity index is 1.24. The average Bonchev–Trinajstić information content (AvgIpc) is 3.28. The lowest BCUT2D eigenvalue weighted by Gasteiger charge is -2.34. The third kappa shape index (κ3) is 5.01. The number of hydrogen-bond donors (Lipinski definition) is 0. The van der Waals surface area contributed by atoms with Crippen LogP contribution in [-0.2, 0) is 19.6 Å². The van der Waals surface area contributed by atoms with Gasteiger partial charge in [-0.25, -0.2) is 8.42 Å². The van der Waals surface area contributed by atoms with Gasteiger partial charge in [0.25, 0.3) is 0 Å². The minimum Gasteiger partial charge on any atom is -0.491 e. The van der Waals surface area contributed by atoms with Gasteiger partial charge in [0.2, 0.25) is 15.9 Å². The third-order valence-corrected chi connectivity index (χ3v) is 7.40. The maximum Gasteiger partial charge on any atom is 0.248 e. The number of aromatic nitrogens is 2.